The van der Waals surface area contributed by atoms with E-state index >= 15 is 0 Å². The number of rotatable bonds is 6. The number of hydrogen-bond acceptors (Lipinski definition) is 3. The van der Waals surface area contributed by atoms with E-state index in [0.29, 0.717) is 19.4 Å². The molecule has 0 aliphatic heterocycles. The summed E-state index contributed by atoms with van der Waals surface area (Å²) in [5.74, 6) is -1.26. The molecule has 1 aliphatic rings. The lowest BCUT2D eigenvalue weighted by molar-refractivity contribution is -0.141. The van der Waals surface area contributed by atoms with Crippen LogP contribution in [0.2, 0.25) is 0 Å². The molecule has 144 valence electrons. The minimum absolute atomic E-state index is 0.183. The van der Waals surface area contributed by atoms with Crippen molar-refractivity contribution < 1.29 is 14.3 Å². The van der Waals surface area contributed by atoms with Crippen LogP contribution in [0.25, 0.3) is 16.9 Å². The molecule has 1 aliphatic carbocycles. The molecule has 28 heavy (non-hydrogen) atoms. The maximum absolute atomic E-state index is 13.3. The third-order valence-corrected chi connectivity index (χ3v) is 5.29. The summed E-state index contributed by atoms with van der Waals surface area (Å²) in [6.07, 6.45) is 4.19. The molecule has 0 saturated heterocycles. The quantitative estimate of drug-likeness (QED) is 0.679. The van der Waals surface area contributed by atoms with Gasteiger partial charge >= 0.3 is 5.97 Å². The molecule has 0 amide bonds. The van der Waals surface area contributed by atoms with Gasteiger partial charge in [-0.15, -0.1) is 0 Å². The van der Waals surface area contributed by atoms with Crippen molar-refractivity contribution in [2.45, 2.75) is 31.8 Å². The predicted octanol–water partition coefficient (Wildman–Crippen LogP) is 4.02. The molecule has 1 heterocycles. The summed E-state index contributed by atoms with van der Waals surface area (Å²) in [6, 6.07) is 16.3. The molecular formula is C22H22FN3O2. The minimum atomic E-state index is -0.715. The van der Waals surface area contributed by atoms with Crippen molar-refractivity contribution in [1.82, 2.24) is 15.1 Å². The Morgan fingerprint density at radius 1 is 1.14 bits per heavy atom. The number of carboxylic acids is 1. The Labute approximate surface area is 162 Å². The molecule has 0 spiro atoms. The molecule has 1 saturated carbocycles. The van der Waals surface area contributed by atoms with E-state index in [1.54, 1.807) is 12.1 Å². The first-order valence-corrected chi connectivity index (χ1v) is 9.46. The molecule has 0 bridgehead atoms. The standard InChI is InChI=1S/C22H22FN3O2/c23-18-9-6-15(7-10-18)21-17(13-24-19-11-8-16(12-19)22(27)28)14-26(25-21)20-4-2-1-3-5-20/h1-7,9-10,14,16,19,24H,8,11-13H2,(H,27,28)/t16-,19+/m0/s1. The number of aliphatic carboxylic acids is 1. The van der Waals surface area contributed by atoms with Crippen LogP contribution in [0.15, 0.2) is 60.8 Å². The van der Waals surface area contributed by atoms with Gasteiger partial charge in [0.25, 0.3) is 0 Å². The average molecular weight is 379 g/mol. The second-order valence-electron chi connectivity index (χ2n) is 7.22. The minimum Gasteiger partial charge on any atom is -0.481 e. The largest absolute Gasteiger partial charge is 0.481 e. The van der Waals surface area contributed by atoms with Crippen LogP contribution in [0.4, 0.5) is 4.39 Å². The molecular weight excluding hydrogens is 357 g/mol. The lowest BCUT2D eigenvalue weighted by atomic mass is 10.1. The number of para-hydroxylation sites is 1. The molecule has 1 aromatic heterocycles. The van der Waals surface area contributed by atoms with E-state index in [2.05, 4.69) is 5.32 Å². The molecule has 6 heteroatoms. The van der Waals surface area contributed by atoms with Crippen LogP contribution < -0.4 is 5.32 Å². The highest BCUT2D eigenvalue weighted by Gasteiger charge is 2.29. The van der Waals surface area contributed by atoms with Crippen LogP contribution in [0.1, 0.15) is 24.8 Å². The Balaban J connectivity index is 1.58. The Kier molecular flexibility index (Phi) is 5.21. The summed E-state index contributed by atoms with van der Waals surface area (Å²) in [5.41, 5.74) is 3.59. The SMILES string of the molecule is O=C(O)[C@H]1CC[C@@H](NCc2cn(-c3ccccc3)nc2-c2ccc(F)cc2)C1. The summed E-state index contributed by atoms with van der Waals surface area (Å²) in [4.78, 5) is 11.2. The molecule has 0 radical (unpaired) electrons. The van der Waals surface area contributed by atoms with E-state index in [1.165, 1.54) is 12.1 Å². The number of hydrogen-bond donors (Lipinski definition) is 2. The lowest BCUT2D eigenvalue weighted by Crippen LogP contribution is -2.26. The number of halogens is 1. The average Bonchev–Trinajstić information content (AvgIpc) is 3.35. The number of nitrogens with zero attached hydrogens (tertiary/aromatic N) is 2. The van der Waals surface area contributed by atoms with Crippen molar-refractivity contribution in [3.8, 4) is 16.9 Å². The first-order chi connectivity index (χ1) is 13.6. The van der Waals surface area contributed by atoms with Gasteiger partial charge in [0.05, 0.1) is 17.3 Å². The summed E-state index contributed by atoms with van der Waals surface area (Å²) in [5, 5.41) is 17.4. The smallest absolute Gasteiger partial charge is 0.306 e. The normalized spacial score (nSPS) is 19.0. The van der Waals surface area contributed by atoms with Crippen molar-refractivity contribution in [2.75, 3.05) is 0 Å². The molecule has 2 N–H and O–H groups in total. The first-order valence-electron chi connectivity index (χ1n) is 9.46. The van der Waals surface area contributed by atoms with E-state index in [9.17, 15) is 14.3 Å². The van der Waals surface area contributed by atoms with E-state index in [1.807, 2.05) is 41.2 Å². The highest BCUT2D eigenvalue weighted by molar-refractivity contribution is 5.70. The molecule has 2 aromatic carbocycles. The van der Waals surface area contributed by atoms with Crippen molar-refractivity contribution in [1.29, 1.82) is 0 Å². The monoisotopic (exact) mass is 379 g/mol. The van der Waals surface area contributed by atoms with E-state index in [4.69, 9.17) is 5.10 Å². The van der Waals surface area contributed by atoms with E-state index in [0.717, 1.165) is 28.9 Å². The van der Waals surface area contributed by atoms with Gasteiger partial charge in [-0.1, -0.05) is 18.2 Å². The third-order valence-electron chi connectivity index (χ3n) is 5.29. The zero-order valence-corrected chi connectivity index (χ0v) is 15.4. The van der Waals surface area contributed by atoms with Crippen LogP contribution in [0.3, 0.4) is 0 Å². The van der Waals surface area contributed by atoms with Crippen LogP contribution in [-0.4, -0.2) is 26.9 Å². The van der Waals surface area contributed by atoms with Crippen molar-refractivity contribution >= 4 is 5.97 Å². The van der Waals surface area contributed by atoms with Crippen LogP contribution in [-0.2, 0) is 11.3 Å². The fourth-order valence-electron chi connectivity index (χ4n) is 3.75. The van der Waals surface area contributed by atoms with Gasteiger partial charge in [0, 0.05) is 29.9 Å². The molecule has 5 nitrogen and oxygen atoms in total. The number of aromatic nitrogens is 2. The summed E-state index contributed by atoms with van der Waals surface area (Å²) >= 11 is 0. The second-order valence-corrected chi connectivity index (χ2v) is 7.22. The molecule has 0 unspecified atom stereocenters. The third kappa shape index (κ3) is 3.97. The fraction of sp³-hybridized carbons (Fsp3) is 0.273. The molecule has 4 rings (SSSR count). The van der Waals surface area contributed by atoms with Crippen LogP contribution in [0, 0.1) is 11.7 Å². The second kappa shape index (κ2) is 7.94. The first kappa shape index (κ1) is 18.4. The maximum atomic E-state index is 13.3. The summed E-state index contributed by atoms with van der Waals surface area (Å²) in [6.45, 7) is 0.580. The summed E-state index contributed by atoms with van der Waals surface area (Å²) in [7, 11) is 0. The van der Waals surface area contributed by atoms with Gasteiger partial charge in [-0.25, -0.2) is 9.07 Å². The maximum Gasteiger partial charge on any atom is 0.306 e. The van der Waals surface area contributed by atoms with E-state index < -0.39 is 5.97 Å². The van der Waals surface area contributed by atoms with Gasteiger partial charge in [-0.2, -0.15) is 5.10 Å². The Morgan fingerprint density at radius 3 is 2.57 bits per heavy atom. The van der Waals surface area contributed by atoms with Crippen molar-refractivity contribution in [2.24, 2.45) is 5.92 Å². The zero-order chi connectivity index (χ0) is 19.5. The Bertz CT molecular complexity index is 954. The number of nitrogens with one attached hydrogen (secondary N) is 1. The highest BCUT2D eigenvalue weighted by atomic mass is 19.1. The molecule has 3 aromatic rings. The van der Waals surface area contributed by atoms with Crippen LogP contribution in [0.5, 0.6) is 0 Å². The Hall–Kier alpha value is -2.99. The highest BCUT2D eigenvalue weighted by Crippen LogP contribution is 2.28. The topological polar surface area (TPSA) is 67.2 Å². The van der Waals surface area contributed by atoms with Gasteiger partial charge in [0.1, 0.15) is 5.82 Å². The lowest BCUT2D eigenvalue weighted by Gasteiger charge is -2.12. The van der Waals surface area contributed by atoms with Gasteiger partial charge in [-0.05, 0) is 55.7 Å². The Morgan fingerprint density at radius 2 is 1.89 bits per heavy atom. The zero-order valence-electron chi connectivity index (χ0n) is 15.4. The number of carbonyl (C=O) groups is 1. The van der Waals surface area contributed by atoms with Gasteiger partial charge in [0.15, 0.2) is 0 Å². The predicted molar refractivity (Wildman–Crippen MR) is 105 cm³/mol. The fourth-order valence-corrected chi connectivity index (χ4v) is 3.75. The number of benzene rings is 2. The van der Waals surface area contributed by atoms with Gasteiger partial charge in [-0.3, -0.25) is 4.79 Å². The number of carboxylic acid groups (broad SMARTS) is 1. The van der Waals surface area contributed by atoms with Crippen molar-refractivity contribution in [3.05, 3.63) is 72.2 Å². The van der Waals surface area contributed by atoms with Crippen LogP contribution >= 0.6 is 0 Å². The van der Waals surface area contributed by atoms with Gasteiger partial charge in [0.2, 0.25) is 0 Å². The van der Waals surface area contributed by atoms with Crippen molar-refractivity contribution in [3.63, 3.8) is 0 Å². The summed E-state index contributed by atoms with van der Waals surface area (Å²) < 4.78 is 15.2. The van der Waals surface area contributed by atoms with E-state index in [-0.39, 0.29) is 17.8 Å². The van der Waals surface area contributed by atoms with Gasteiger partial charge < -0.3 is 10.4 Å². The molecule has 1 fully saturated rings. The molecule has 2 atom stereocenters.